The Balaban J connectivity index is 1.67. The Hall–Kier alpha value is -3.68. The van der Waals surface area contributed by atoms with Gasteiger partial charge < -0.3 is 4.90 Å². The number of hydrogen-bond acceptors (Lipinski definition) is 5. The van der Waals surface area contributed by atoms with Gasteiger partial charge in [0.25, 0.3) is 17.4 Å². The summed E-state index contributed by atoms with van der Waals surface area (Å²) in [6.45, 7) is 1.61. The van der Waals surface area contributed by atoms with Crippen LogP contribution in [0.1, 0.15) is 15.9 Å². The Morgan fingerprint density at radius 2 is 1.86 bits per heavy atom. The molecule has 0 fully saturated rings. The molecule has 8 heteroatoms. The third-order valence-electron chi connectivity index (χ3n) is 4.31. The van der Waals surface area contributed by atoms with Crippen LogP contribution < -0.4 is 21.3 Å². The van der Waals surface area contributed by atoms with Gasteiger partial charge in [0.05, 0.1) is 17.2 Å². The quantitative estimate of drug-likeness (QED) is 0.665. The topological polar surface area (TPSA) is 96.3 Å². The van der Waals surface area contributed by atoms with Gasteiger partial charge in [-0.3, -0.25) is 29.8 Å². The summed E-state index contributed by atoms with van der Waals surface area (Å²) in [6, 6.07) is 12.3. The van der Waals surface area contributed by atoms with Gasteiger partial charge in [-0.15, -0.1) is 0 Å². The summed E-state index contributed by atoms with van der Waals surface area (Å²) in [7, 11) is 3.74. The number of carbonyl (C=O) groups is 2. The lowest BCUT2D eigenvalue weighted by Crippen LogP contribution is -2.44. The molecule has 0 atom stereocenters. The Kier molecular flexibility index (Phi) is 5.39. The van der Waals surface area contributed by atoms with E-state index in [-0.39, 0.29) is 12.1 Å². The van der Waals surface area contributed by atoms with E-state index in [2.05, 4.69) is 15.8 Å². The molecular weight excluding hydrogens is 358 g/mol. The number of nitrogens with one attached hydrogen (secondary N) is 2. The van der Waals surface area contributed by atoms with Crippen LogP contribution in [0.3, 0.4) is 0 Å². The summed E-state index contributed by atoms with van der Waals surface area (Å²) in [5, 5.41) is 0.444. The van der Waals surface area contributed by atoms with Gasteiger partial charge in [0.2, 0.25) is 0 Å². The Morgan fingerprint density at radius 1 is 1.11 bits per heavy atom. The fourth-order valence-corrected chi connectivity index (χ4v) is 2.77. The number of benzene rings is 2. The lowest BCUT2D eigenvalue weighted by atomic mass is 10.1. The lowest BCUT2D eigenvalue weighted by molar-refractivity contribution is -0.122. The van der Waals surface area contributed by atoms with Gasteiger partial charge >= 0.3 is 0 Å². The summed E-state index contributed by atoms with van der Waals surface area (Å²) < 4.78 is 1.20. The number of rotatable bonds is 4. The van der Waals surface area contributed by atoms with Crippen molar-refractivity contribution in [2.24, 2.45) is 0 Å². The minimum absolute atomic E-state index is 0.256. The highest BCUT2D eigenvalue weighted by Gasteiger charge is 2.11. The largest absolute Gasteiger partial charge is 0.378 e. The zero-order valence-electron chi connectivity index (χ0n) is 15.9. The van der Waals surface area contributed by atoms with Crippen molar-refractivity contribution < 1.29 is 9.59 Å². The van der Waals surface area contributed by atoms with Crippen LogP contribution in [0.25, 0.3) is 10.9 Å². The number of fused-ring (bicyclic) bond motifs is 1. The molecule has 0 aliphatic heterocycles. The summed E-state index contributed by atoms with van der Waals surface area (Å²) >= 11 is 0. The van der Waals surface area contributed by atoms with E-state index in [1.807, 2.05) is 38.1 Å². The van der Waals surface area contributed by atoms with Crippen LogP contribution in [0.2, 0.25) is 0 Å². The van der Waals surface area contributed by atoms with E-state index >= 15 is 0 Å². The molecule has 144 valence electrons. The first-order valence-electron chi connectivity index (χ1n) is 8.68. The maximum atomic E-state index is 12.5. The Labute approximate surface area is 161 Å². The highest BCUT2D eigenvalue weighted by molar-refractivity contribution is 5.96. The predicted molar refractivity (Wildman–Crippen MR) is 107 cm³/mol. The molecule has 0 unspecified atom stereocenters. The van der Waals surface area contributed by atoms with Crippen LogP contribution in [0, 0.1) is 6.92 Å². The van der Waals surface area contributed by atoms with Crippen molar-refractivity contribution in [1.82, 2.24) is 20.4 Å². The third kappa shape index (κ3) is 4.01. The number of aryl methyl sites for hydroxylation is 1. The number of hydrazine groups is 1. The van der Waals surface area contributed by atoms with Gasteiger partial charge in [-0.2, -0.15) is 0 Å². The second-order valence-electron chi connectivity index (χ2n) is 6.60. The van der Waals surface area contributed by atoms with E-state index in [0.29, 0.717) is 16.5 Å². The molecule has 2 N–H and O–H groups in total. The monoisotopic (exact) mass is 379 g/mol. The summed E-state index contributed by atoms with van der Waals surface area (Å²) in [5.41, 5.74) is 7.14. The van der Waals surface area contributed by atoms with E-state index in [9.17, 15) is 14.4 Å². The second kappa shape index (κ2) is 7.91. The molecule has 28 heavy (non-hydrogen) atoms. The molecule has 0 saturated carbocycles. The molecule has 2 amide bonds. The summed E-state index contributed by atoms with van der Waals surface area (Å²) in [4.78, 5) is 43.0. The molecule has 3 rings (SSSR count). The number of aromatic nitrogens is 2. The highest BCUT2D eigenvalue weighted by Crippen LogP contribution is 2.13. The summed E-state index contributed by atoms with van der Waals surface area (Å²) in [5.74, 6) is -0.982. The zero-order valence-corrected chi connectivity index (χ0v) is 15.9. The molecule has 0 radical (unpaired) electrons. The van der Waals surface area contributed by atoms with Gasteiger partial charge in [0.15, 0.2) is 0 Å². The van der Waals surface area contributed by atoms with Crippen molar-refractivity contribution >= 4 is 28.4 Å². The molecule has 1 aromatic heterocycles. The average Bonchev–Trinajstić information content (AvgIpc) is 2.69. The van der Waals surface area contributed by atoms with Crippen LogP contribution >= 0.6 is 0 Å². The standard InChI is InChI=1S/C20H21N5O3/c1-13-6-4-9-16-18(13)21-12-25(20(16)28)11-17(26)22-23-19(27)14-7-5-8-15(10-14)24(2)3/h4-10,12H,11H2,1-3H3,(H,22,26)(H,23,27). The van der Waals surface area contributed by atoms with Crippen molar-refractivity contribution in [3.63, 3.8) is 0 Å². The van der Waals surface area contributed by atoms with Crippen molar-refractivity contribution in [2.75, 3.05) is 19.0 Å². The van der Waals surface area contributed by atoms with Gasteiger partial charge in [0, 0.05) is 25.3 Å². The van der Waals surface area contributed by atoms with Crippen molar-refractivity contribution in [3.05, 3.63) is 70.3 Å². The van der Waals surface area contributed by atoms with E-state index in [1.165, 1.54) is 10.9 Å². The minimum atomic E-state index is -0.534. The normalized spacial score (nSPS) is 10.5. The molecule has 0 bridgehead atoms. The smallest absolute Gasteiger partial charge is 0.269 e. The van der Waals surface area contributed by atoms with E-state index in [1.54, 1.807) is 30.3 Å². The van der Waals surface area contributed by atoms with Crippen LogP contribution in [0.15, 0.2) is 53.6 Å². The first-order valence-corrected chi connectivity index (χ1v) is 8.68. The Morgan fingerprint density at radius 3 is 2.61 bits per heavy atom. The molecule has 0 saturated heterocycles. The maximum absolute atomic E-state index is 12.5. The maximum Gasteiger partial charge on any atom is 0.269 e. The van der Waals surface area contributed by atoms with Gasteiger partial charge in [0.1, 0.15) is 6.54 Å². The molecule has 0 aliphatic rings. The first-order chi connectivity index (χ1) is 13.4. The number of anilines is 1. The van der Waals surface area contributed by atoms with Crippen LogP contribution in [-0.4, -0.2) is 35.5 Å². The van der Waals surface area contributed by atoms with Gasteiger partial charge in [-0.25, -0.2) is 4.98 Å². The molecule has 2 aromatic carbocycles. The zero-order chi connectivity index (χ0) is 20.3. The van der Waals surface area contributed by atoms with Gasteiger partial charge in [-0.1, -0.05) is 18.2 Å². The molecular formula is C20H21N5O3. The van der Waals surface area contributed by atoms with E-state index < -0.39 is 11.8 Å². The van der Waals surface area contributed by atoms with Crippen LogP contribution in [-0.2, 0) is 11.3 Å². The molecule has 8 nitrogen and oxygen atoms in total. The molecule has 0 aliphatic carbocycles. The fraction of sp³-hybridized carbons (Fsp3) is 0.200. The fourth-order valence-electron chi connectivity index (χ4n) is 2.77. The SMILES string of the molecule is Cc1cccc2c(=O)n(CC(=O)NNC(=O)c3cccc(N(C)C)c3)cnc12. The minimum Gasteiger partial charge on any atom is -0.378 e. The van der Waals surface area contributed by atoms with Gasteiger partial charge in [-0.05, 0) is 36.8 Å². The molecule has 3 aromatic rings. The van der Waals surface area contributed by atoms with E-state index in [4.69, 9.17) is 0 Å². The molecule has 1 heterocycles. The van der Waals surface area contributed by atoms with E-state index in [0.717, 1.165) is 11.3 Å². The number of hydrogen-bond donors (Lipinski definition) is 2. The number of nitrogens with zero attached hydrogens (tertiary/aromatic N) is 3. The highest BCUT2D eigenvalue weighted by atomic mass is 16.2. The Bertz CT molecular complexity index is 1100. The van der Waals surface area contributed by atoms with Crippen molar-refractivity contribution in [1.29, 1.82) is 0 Å². The number of amides is 2. The van der Waals surface area contributed by atoms with Crippen LogP contribution in [0.5, 0.6) is 0 Å². The number of carbonyl (C=O) groups excluding carboxylic acids is 2. The second-order valence-corrected chi connectivity index (χ2v) is 6.60. The lowest BCUT2D eigenvalue weighted by Gasteiger charge is -2.14. The van der Waals surface area contributed by atoms with Crippen molar-refractivity contribution in [2.45, 2.75) is 13.5 Å². The predicted octanol–water partition coefficient (Wildman–Crippen LogP) is 1.23. The first kappa shape index (κ1) is 19.1. The number of para-hydroxylation sites is 1. The van der Waals surface area contributed by atoms with Crippen molar-refractivity contribution in [3.8, 4) is 0 Å². The third-order valence-corrected chi connectivity index (χ3v) is 4.31. The molecule has 0 spiro atoms. The average molecular weight is 379 g/mol. The summed E-state index contributed by atoms with van der Waals surface area (Å²) in [6.07, 6.45) is 1.33. The van der Waals surface area contributed by atoms with Crippen LogP contribution in [0.4, 0.5) is 5.69 Å².